The van der Waals surface area contributed by atoms with Gasteiger partial charge in [0.25, 0.3) is 0 Å². The van der Waals surface area contributed by atoms with Gasteiger partial charge in [-0.05, 0) is 50.2 Å². The van der Waals surface area contributed by atoms with Gasteiger partial charge >= 0.3 is 0 Å². The molecule has 2 aliphatic rings. The van der Waals surface area contributed by atoms with E-state index < -0.39 is 5.60 Å². The van der Waals surface area contributed by atoms with Crippen LogP contribution in [-0.4, -0.2) is 34.2 Å². The van der Waals surface area contributed by atoms with Crippen LogP contribution in [0.3, 0.4) is 0 Å². The molecule has 17 heavy (non-hydrogen) atoms. The average molecular weight is 257 g/mol. The van der Waals surface area contributed by atoms with Crippen LogP contribution < -0.4 is 5.32 Å². The van der Waals surface area contributed by atoms with Crippen molar-refractivity contribution >= 4 is 17.7 Å². The van der Waals surface area contributed by atoms with E-state index in [1.165, 1.54) is 0 Å². The van der Waals surface area contributed by atoms with Gasteiger partial charge < -0.3 is 10.4 Å². The van der Waals surface area contributed by atoms with E-state index in [4.69, 9.17) is 0 Å². The maximum Gasteiger partial charge on any atom is 0.233 e. The molecule has 0 aromatic carbocycles. The van der Waals surface area contributed by atoms with E-state index in [9.17, 15) is 9.90 Å². The number of carbonyl (C=O) groups excluding carboxylic acids is 1. The smallest absolute Gasteiger partial charge is 0.233 e. The molecule has 2 rings (SSSR count). The van der Waals surface area contributed by atoms with Crippen LogP contribution in [0, 0.1) is 5.92 Å². The summed E-state index contributed by atoms with van der Waals surface area (Å²) in [5.74, 6) is 1.94. The highest BCUT2D eigenvalue weighted by Gasteiger charge is 2.33. The highest BCUT2D eigenvalue weighted by atomic mass is 32.2. The fourth-order valence-electron chi connectivity index (χ4n) is 2.63. The molecular weight excluding hydrogens is 234 g/mol. The van der Waals surface area contributed by atoms with Crippen molar-refractivity contribution in [1.29, 1.82) is 0 Å². The van der Waals surface area contributed by atoms with Gasteiger partial charge in [-0.1, -0.05) is 6.92 Å². The van der Waals surface area contributed by atoms with Crippen LogP contribution >= 0.6 is 11.8 Å². The predicted molar refractivity (Wildman–Crippen MR) is 71.1 cm³/mol. The van der Waals surface area contributed by atoms with Crippen LogP contribution in [-0.2, 0) is 4.79 Å². The van der Waals surface area contributed by atoms with Crippen LogP contribution in [0.15, 0.2) is 0 Å². The summed E-state index contributed by atoms with van der Waals surface area (Å²) >= 11 is 1.74. The second-order valence-corrected chi connectivity index (χ2v) is 6.94. The molecule has 1 aliphatic carbocycles. The van der Waals surface area contributed by atoms with Crippen LogP contribution in [0.25, 0.3) is 0 Å². The first-order valence-electron chi connectivity index (χ1n) is 6.71. The van der Waals surface area contributed by atoms with Crippen LogP contribution in [0.5, 0.6) is 0 Å². The summed E-state index contributed by atoms with van der Waals surface area (Å²) in [6, 6.07) is 0. The molecule has 2 N–H and O–H groups in total. The molecule has 1 atom stereocenters. The molecule has 0 aromatic heterocycles. The standard InChI is InChI=1S/C13H23NO2S/c1-10-4-6-13(16,7-5-10)9-14-12(15)11-3-2-8-17-11/h10-11,16H,2-9H2,1H3,(H,14,15). The zero-order chi connectivity index (χ0) is 12.3. The summed E-state index contributed by atoms with van der Waals surface area (Å²) in [4.78, 5) is 11.9. The Bertz CT molecular complexity index is 269. The van der Waals surface area contributed by atoms with Gasteiger partial charge in [-0.15, -0.1) is 11.8 Å². The summed E-state index contributed by atoms with van der Waals surface area (Å²) in [6.07, 6.45) is 5.93. The molecule has 1 amide bonds. The molecule has 1 heterocycles. The lowest BCUT2D eigenvalue weighted by atomic mass is 9.79. The van der Waals surface area contributed by atoms with E-state index in [0.717, 1.165) is 50.2 Å². The first-order valence-corrected chi connectivity index (χ1v) is 7.76. The van der Waals surface area contributed by atoms with E-state index in [-0.39, 0.29) is 11.2 Å². The summed E-state index contributed by atoms with van der Waals surface area (Å²) in [5, 5.41) is 13.4. The van der Waals surface area contributed by atoms with Crippen molar-refractivity contribution in [3.05, 3.63) is 0 Å². The highest BCUT2D eigenvalue weighted by molar-refractivity contribution is 8.00. The number of rotatable bonds is 3. The summed E-state index contributed by atoms with van der Waals surface area (Å²) < 4.78 is 0. The molecule has 0 bridgehead atoms. The highest BCUT2D eigenvalue weighted by Crippen LogP contribution is 2.31. The lowest BCUT2D eigenvalue weighted by molar-refractivity contribution is -0.122. The minimum atomic E-state index is -0.647. The maximum atomic E-state index is 11.9. The third-order valence-corrected chi connectivity index (χ3v) is 5.40. The van der Waals surface area contributed by atoms with Gasteiger partial charge in [-0.2, -0.15) is 0 Å². The van der Waals surface area contributed by atoms with Crippen LogP contribution in [0.4, 0.5) is 0 Å². The van der Waals surface area contributed by atoms with Gasteiger partial charge in [-0.3, -0.25) is 4.79 Å². The Morgan fingerprint density at radius 2 is 2.12 bits per heavy atom. The minimum Gasteiger partial charge on any atom is -0.388 e. The van der Waals surface area contributed by atoms with Crippen molar-refractivity contribution in [3.63, 3.8) is 0 Å². The number of carbonyl (C=O) groups is 1. The fraction of sp³-hybridized carbons (Fsp3) is 0.923. The second-order valence-electron chi connectivity index (χ2n) is 5.63. The zero-order valence-electron chi connectivity index (χ0n) is 10.6. The minimum absolute atomic E-state index is 0.125. The zero-order valence-corrected chi connectivity index (χ0v) is 11.4. The monoisotopic (exact) mass is 257 g/mol. The van der Waals surface area contributed by atoms with E-state index >= 15 is 0 Å². The van der Waals surface area contributed by atoms with Crippen LogP contribution in [0.1, 0.15) is 45.4 Å². The van der Waals surface area contributed by atoms with E-state index in [0.29, 0.717) is 6.54 Å². The Hall–Kier alpha value is -0.220. The van der Waals surface area contributed by atoms with Crippen LogP contribution in [0.2, 0.25) is 0 Å². The Labute approximate surface area is 108 Å². The second kappa shape index (κ2) is 5.61. The molecule has 98 valence electrons. The summed E-state index contributed by atoms with van der Waals surface area (Å²) in [5.41, 5.74) is -0.647. The topological polar surface area (TPSA) is 49.3 Å². The Balaban J connectivity index is 1.75. The average Bonchev–Trinajstić information content (AvgIpc) is 2.84. The molecule has 2 fully saturated rings. The van der Waals surface area contributed by atoms with Crippen molar-refractivity contribution < 1.29 is 9.90 Å². The van der Waals surface area contributed by atoms with Gasteiger partial charge in [0.2, 0.25) is 5.91 Å². The Morgan fingerprint density at radius 1 is 1.41 bits per heavy atom. The summed E-state index contributed by atoms with van der Waals surface area (Å²) in [6.45, 7) is 2.67. The van der Waals surface area contributed by atoms with Crippen molar-refractivity contribution in [2.75, 3.05) is 12.3 Å². The van der Waals surface area contributed by atoms with E-state index in [1.54, 1.807) is 11.8 Å². The van der Waals surface area contributed by atoms with E-state index in [2.05, 4.69) is 12.2 Å². The van der Waals surface area contributed by atoms with Gasteiger partial charge in [0.05, 0.1) is 10.9 Å². The molecule has 1 aliphatic heterocycles. The lowest BCUT2D eigenvalue weighted by Crippen LogP contribution is -2.46. The molecular formula is C13H23NO2S. The predicted octanol–water partition coefficient (Wildman–Crippen LogP) is 1.94. The third kappa shape index (κ3) is 3.62. The molecule has 1 saturated carbocycles. The van der Waals surface area contributed by atoms with E-state index in [1.807, 2.05) is 0 Å². The quantitative estimate of drug-likeness (QED) is 0.812. The summed E-state index contributed by atoms with van der Waals surface area (Å²) in [7, 11) is 0. The van der Waals surface area contributed by atoms with Crippen molar-refractivity contribution in [2.45, 2.75) is 56.3 Å². The SMILES string of the molecule is CC1CCC(O)(CNC(=O)C2CCCS2)CC1. The molecule has 3 nitrogen and oxygen atoms in total. The maximum absolute atomic E-state index is 11.9. The molecule has 0 spiro atoms. The first-order chi connectivity index (χ1) is 8.09. The molecule has 1 saturated heterocycles. The van der Waals surface area contributed by atoms with Crippen molar-refractivity contribution in [2.24, 2.45) is 5.92 Å². The number of aliphatic hydroxyl groups is 1. The molecule has 0 aromatic rings. The first kappa shape index (κ1) is 13.2. The number of amides is 1. The number of hydrogen-bond donors (Lipinski definition) is 2. The number of nitrogens with one attached hydrogen (secondary N) is 1. The Kier molecular flexibility index (Phi) is 4.36. The van der Waals surface area contributed by atoms with Gasteiger partial charge in [0.15, 0.2) is 0 Å². The molecule has 4 heteroatoms. The van der Waals surface area contributed by atoms with Gasteiger partial charge in [0, 0.05) is 6.54 Å². The van der Waals surface area contributed by atoms with Crippen molar-refractivity contribution in [3.8, 4) is 0 Å². The Morgan fingerprint density at radius 3 is 2.71 bits per heavy atom. The number of hydrogen-bond acceptors (Lipinski definition) is 3. The largest absolute Gasteiger partial charge is 0.388 e. The third-order valence-electron chi connectivity index (χ3n) is 4.02. The lowest BCUT2D eigenvalue weighted by Gasteiger charge is -2.35. The molecule has 0 radical (unpaired) electrons. The molecule has 1 unspecified atom stereocenters. The fourth-order valence-corrected chi connectivity index (χ4v) is 3.81. The normalized spacial score (nSPS) is 38.0. The number of thioether (sulfide) groups is 1. The van der Waals surface area contributed by atoms with Gasteiger partial charge in [-0.25, -0.2) is 0 Å². The van der Waals surface area contributed by atoms with Crippen molar-refractivity contribution in [1.82, 2.24) is 5.32 Å². The van der Waals surface area contributed by atoms with Gasteiger partial charge in [0.1, 0.15) is 0 Å².